The van der Waals surface area contributed by atoms with E-state index in [0.29, 0.717) is 0 Å². The molecule has 0 saturated carbocycles. The van der Waals surface area contributed by atoms with E-state index in [4.69, 9.17) is 0 Å². The van der Waals surface area contributed by atoms with Crippen molar-refractivity contribution in [1.82, 2.24) is 6.15 Å². The minimum Gasteiger partial charge on any atom is -0.344 e. The van der Waals surface area contributed by atoms with Gasteiger partial charge in [-0.3, -0.25) is 0 Å². The van der Waals surface area contributed by atoms with Crippen LogP contribution in [-0.2, 0) is 6.51 Å². The van der Waals surface area contributed by atoms with Crippen molar-refractivity contribution in [3.63, 3.8) is 0 Å². The second kappa shape index (κ2) is 0.721. The molecule has 2 nitrogen and oxygen atoms in total. The van der Waals surface area contributed by atoms with Gasteiger partial charge in [-0.05, 0) is 0 Å². The number of hydrogen-bond donors (Lipinski definition) is 1. The average Bonchev–Trinajstić information content (AvgIpc) is 3.10. The van der Waals surface area contributed by atoms with Gasteiger partial charge in [-0.1, -0.05) is 0 Å². The first-order chi connectivity index (χ1) is 7.25. The Kier molecular flexibility index (Phi) is 0.370. The van der Waals surface area contributed by atoms with Crippen LogP contribution in [0.1, 0.15) is 0 Å². The van der Waals surface area contributed by atoms with Crippen molar-refractivity contribution in [2.24, 2.45) is 0 Å². The molecule has 4 heteroatoms. The molecule has 0 radical (unpaired) electrons. The molecule has 0 aromatic carbocycles. The van der Waals surface area contributed by atoms with Crippen molar-refractivity contribution in [2.45, 2.75) is 47.7 Å². The van der Waals surface area contributed by atoms with Gasteiger partial charge in [0.1, 0.15) is 0 Å². The monoisotopic (exact) mass is 403 g/mol. The smallest absolute Gasteiger partial charge is 0.107 e. The van der Waals surface area contributed by atoms with E-state index in [2.05, 4.69) is 21.1 Å². The maximum Gasteiger partial charge on any atom is -0.107 e. The van der Waals surface area contributed by atoms with Gasteiger partial charge in [0.2, 0.25) is 0 Å². The fourth-order valence-corrected chi connectivity index (χ4v) is 92.8. The summed E-state index contributed by atoms with van der Waals surface area (Å²) in [5, 5.41) is 0. The summed E-state index contributed by atoms with van der Waals surface area (Å²) >= 11 is 0. The van der Waals surface area contributed by atoms with Crippen LogP contribution >= 0.6 is 24.0 Å². The van der Waals surface area contributed by atoms with Crippen molar-refractivity contribution in [3.05, 3.63) is 0 Å². The Hall–Kier alpha value is 1.17. The van der Waals surface area contributed by atoms with Crippen molar-refractivity contribution in [2.75, 3.05) is 27.7 Å². The van der Waals surface area contributed by atoms with E-state index in [1.807, 2.05) is 0 Å². The summed E-state index contributed by atoms with van der Waals surface area (Å²) in [7, 11) is 7.44. The summed E-state index contributed by atoms with van der Waals surface area (Å²) in [6.45, 7) is -1.04. The van der Waals surface area contributed by atoms with Gasteiger partial charge in [0.05, 0.1) is 0 Å². The maximum absolute atomic E-state index is 2.67. The maximum atomic E-state index is 2.48. The molecule has 4 unspecified atom stereocenters. The number of quaternary nitrogens is 1. The van der Waals surface area contributed by atoms with Crippen LogP contribution in [-0.4, -0.2) is 32.2 Å². The van der Waals surface area contributed by atoms with E-state index in [1.165, 1.54) is 47.8 Å². The number of rotatable bonds is 2. The molecule has 4 atom stereocenters. The molecular formula is C14H24FeIN2+. The van der Waals surface area contributed by atoms with Gasteiger partial charge in [-0.15, -0.1) is 24.0 Å². The first kappa shape index (κ1) is 9.24. The molecule has 0 aromatic heterocycles. The number of fused-ring (bicyclic) bond motifs is 10. The molecule has 0 bridgehead atoms. The Morgan fingerprint density at radius 2 is 1.22 bits per heavy atom. The third-order valence-corrected chi connectivity index (χ3v) is 58.6. The minimum absolute atomic E-state index is 0. The zero-order valence-electron chi connectivity index (χ0n) is 11.3. The van der Waals surface area contributed by atoms with Crippen molar-refractivity contribution in [3.8, 4) is 0 Å². The molecule has 3 N–H and O–H groups in total. The standard InChI is InChI=1S/C9H15N.C5H5.Fe.HI.H3N/c1-10(2,3)8-9-6-4-5-7-9;1-2-4-5-3-1;;;/h4-7H,8H2,1-3H3;1-5H;;1H;1H3/q+1;;;;. The van der Waals surface area contributed by atoms with Crippen LogP contribution in [0.4, 0.5) is 0 Å². The topological polar surface area (TPSA) is 35.0 Å². The van der Waals surface area contributed by atoms with E-state index in [0.717, 1.165) is 4.31 Å². The molecule has 0 aliphatic carbocycles. The Balaban J connectivity index is 0.000000347. The minimum atomic E-state index is -2.67. The van der Waals surface area contributed by atoms with E-state index in [9.17, 15) is 0 Å². The van der Waals surface area contributed by atoms with Gasteiger partial charge in [-0.2, -0.15) is 0 Å². The van der Waals surface area contributed by atoms with E-state index >= 15 is 0 Å². The van der Waals surface area contributed by atoms with Crippen molar-refractivity contribution < 1.29 is 11.0 Å². The average molecular weight is 403 g/mol. The Morgan fingerprint density at radius 3 is 1.39 bits per heavy atom. The first-order valence-electron chi connectivity index (χ1n) is 7.27. The van der Waals surface area contributed by atoms with E-state index < -0.39 is 6.51 Å². The molecular weight excluding hydrogens is 379 g/mol. The number of halogens is 1. The van der Waals surface area contributed by atoms with E-state index in [1.54, 1.807) is 6.54 Å². The molecule has 10 aliphatic rings. The van der Waals surface area contributed by atoms with Gasteiger partial charge >= 0.3 is 86.3 Å². The summed E-state index contributed by atoms with van der Waals surface area (Å²) in [5.74, 6) is 0. The van der Waals surface area contributed by atoms with Crippen LogP contribution in [0.3, 0.4) is 0 Å². The SMILES string of the molecule is C[N+](C)(C)C[C]12[CH]3[CH]4[CH]5[CH]1[Fe]45321678[CH]2[CH]1[CH]6[CH]7[CH]28.I.N. The fraction of sp³-hybridized carbons (Fsp3) is 1.00. The third kappa shape index (κ3) is 0.0926. The molecule has 0 aromatic rings. The van der Waals surface area contributed by atoms with Crippen LogP contribution in [0.5, 0.6) is 0 Å². The molecule has 10 heterocycles. The van der Waals surface area contributed by atoms with Gasteiger partial charge in [0.25, 0.3) is 0 Å². The quantitative estimate of drug-likeness (QED) is 0.418. The van der Waals surface area contributed by atoms with Crippen molar-refractivity contribution in [1.29, 1.82) is 0 Å². The van der Waals surface area contributed by atoms with Gasteiger partial charge in [0.15, 0.2) is 0 Å². The molecule has 10 saturated heterocycles. The molecule has 10 rings (SSSR count). The Morgan fingerprint density at radius 1 is 0.833 bits per heavy atom. The molecule has 1 spiro atoms. The van der Waals surface area contributed by atoms with Crippen LogP contribution in [0.25, 0.3) is 0 Å². The van der Waals surface area contributed by atoms with Gasteiger partial charge in [-0.25, -0.2) is 0 Å². The summed E-state index contributed by atoms with van der Waals surface area (Å²) in [6.07, 6.45) is 0. The summed E-state index contributed by atoms with van der Waals surface area (Å²) in [4.78, 5) is 13.7. The normalized spacial score (nSPS) is 113. The summed E-state index contributed by atoms with van der Waals surface area (Å²) in [5.41, 5.74) is 0. The van der Waals surface area contributed by atoms with Crippen LogP contribution < -0.4 is 6.15 Å². The zero-order chi connectivity index (χ0) is 10.2. The molecule has 0 amide bonds. The van der Waals surface area contributed by atoms with Crippen LogP contribution in [0, 0.1) is 0 Å². The predicted molar refractivity (Wildman–Crippen MR) is 79.8 cm³/mol. The summed E-state index contributed by atoms with van der Waals surface area (Å²) < 4.78 is 2.45. The number of hydrogen-bond acceptors (Lipinski definition) is 1. The molecule has 10 aliphatic heterocycles. The first-order valence-corrected chi connectivity index (χ1v) is 13.6. The predicted octanol–water partition coefficient (Wildman–Crippen LogP) is 4.23. The largest absolute Gasteiger partial charge is 0.344 e. The molecule has 10 fully saturated rings. The molecule has 104 valence electrons. The second-order valence-corrected chi connectivity index (χ2v) is 36.0. The van der Waals surface area contributed by atoms with Crippen LogP contribution in [0.15, 0.2) is 0 Å². The zero-order valence-corrected chi connectivity index (χ0v) is 14.8. The van der Waals surface area contributed by atoms with Gasteiger partial charge in [0, 0.05) is 0 Å². The summed E-state index contributed by atoms with van der Waals surface area (Å²) in [6, 6.07) is 0. The van der Waals surface area contributed by atoms with E-state index in [-0.39, 0.29) is 30.1 Å². The molecule has 18 heavy (non-hydrogen) atoms. The fourth-order valence-electron chi connectivity index (χ4n) is 17.8. The Labute approximate surface area is 116 Å². The Bertz CT molecular complexity index is 864. The number of nitrogens with zero attached hydrogens (tertiary/aromatic N) is 1. The van der Waals surface area contributed by atoms with Crippen molar-refractivity contribution >= 4 is 24.0 Å². The van der Waals surface area contributed by atoms with Gasteiger partial charge < -0.3 is 6.15 Å². The third-order valence-electron chi connectivity index (χ3n) is 15.7. The second-order valence-electron chi connectivity index (χ2n) is 12.3. The van der Waals surface area contributed by atoms with Crippen LogP contribution in [0.2, 0.25) is 47.7 Å².